The lowest BCUT2D eigenvalue weighted by molar-refractivity contribution is -0.148. The van der Waals surface area contributed by atoms with Crippen molar-refractivity contribution in [3.05, 3.63) is 12.7 Å². The van der Waals surface area contributed by atoms with Gasteiger partial charge < -0.3 is 4.74 Å². The molecule has 0 N–H and O–H groups in total. The quantitative estimate of drug-likeness (QED) is 0.452. The molecule has 0 aromatic heterocycles. The second kappa shape index (κ2) is 6.89. The summed E-state index contributed by atoms with van der Waals surface area (Å²) in [7, 11) is 0. The van der Waals surface area contributed by atoms with E-state index in [4.69, 9.17) is 4.74 Å². The van der Waals surface area contributed by atoms with Gasteiger partial charge in [-0.15, -0.1) is 6.58 Å². The zero-order valence-electron chi connectivity index (χ0n) is 8.01. The van der Waals surface area contributed by atoms with Crippen LogP contribution in [0.3, 0.4) is 0 Å². The largest absolute Gasteiger partial charge is 0.466 e. The van der Waals surface area contributed by atoms with E-state index in [1.165, 1.54) is 0 Å². The number of rotatable bonds is 6. The van der Waals surface area contributed by atoms with E-state index in [1.54, 1.807) is 6.08 Å². The van der Waals surface area contributed by atoms with E-state index >= 15 is 0 Å². The highest BCUT2D eigenvalue weighted by Crippen LogP contribution is 2.13. The molecular formula is C10H18O2. The molecule has 0 bridgehead atoms. The SMILES string of the molecule is C=CC[C@@H](CCC)C(=O)OCC. The van der Waals surface area contributed by atoms with Crippen LogP contribution in [0.15, 0.2) is 12.7 Å². The highest BCUT2D eigenvalue weighted by molar-refractivity contribution is 5.72. The van der Waals surface area contributed by atoms with Crippen molar-refractivity contribution in [3.63, 3.8) is 0 Å². The predicted octanol–water partition coefficient (Wildman–Crippen LogP) is 2.54. The molecule has 0 heterocycles. The Labute approximate surface area is 74.6 Å². The first-order valence-corrected chi connectivity index (χ1v) is 4.53. The summed E-state index contributed by atoms with van der Waals surface area (Å²) < 4.78 is 4.92. The maximum absolute atomic E-state index is 11.3. The predicted molar refractivity (Wildman–Crippen MR) is 49.8 cm³/mol. The van der Waals surface area contributed by atoms with Crippen molar-refractivity contribution in [2.45, 2.75) is 33.1 Å². The first kappa shape index (κ1) is 11.2. The van der Waals surface area contributed by atoms with E-state index in [2.05, 4.69) is 13.5 Å². The Hall–Kier alpha value is -0.790. The van der Waals surface area contributed by atoms with Gasteiger partial charge in [0.25, 0.3) is 0 Å². The molecule has 1 atom stereocenters. The van der Waals surface area contributed by atoms with Gasteiger partial charge in [0.05, 0.1) is 12.5 Å². The van der Waals surface area contributed by atoms with Gasteiger partial charge in [-0.05, 0) is 19.8 Å². The Morgan fingerprint density at radius 3 is 2.67 bits per heavy atom. The summed E-state index contributed by atoms with van der Waals surface area (Å²) in [5, 5.41) is 0. The van der Waals surface area contributed by atoms with Crippen LogP contribution in [0.25, 0.3) is 0 Å². The molecule has 2 nitrogen and oxygen atoms in total. The van der Waals surface area contributed by atoms with Gasteiger partial charge in [0, 0.05) is 0 Å². The highest BCUT2D eigenvalue weighted by Gasteiger charge is 2.16. The van der Waals surface area contributed by atoms with Crippen molar-refractivity contribution in [1.82, 2.24) is 0 Å². The van der Waals surface area contributed by atoms with Gasteiger partial charge in [-0.2, -0.15) is 0 Å². The Bertz CT molecular complexity index is 141. The molecule has 0 radical (unpaired) electrons. The van der Waals surface area contributed by atoms with Gasteiger partial charge >= 0.3 is 5.97 Å². The van der Waals surface area contributed by atoms with Gasteiger partial charge in [-0.1, -0.05) is 19.4 Å². The molecule has 0 aromatic rings. The number of allylic oxidation sites excluding steroid dienone is 1. The van der Waals surface area contributed by atoms with Crippen LogP contribution >= 0.6 is 0 Å². The minimum Gasteiger partial charge on any atom is -0.466 e. The minimum atomic E-state index is -0.0840. The van der Waals surface area contributed by atoms with Crippen LogP contribution in [0.5, 0.6) is 0 Å². The number of esters is 1. The van der Waals surface area contributed by atoms with Crippen molar-refractivity contribution in [3.8, 4) is 0 Å². The fourth-order valence-electron chi connectivity index (χ4n) is 1.14. The van der Waals surface area contributed by atoms with Gasteiger partial charge in [0.15, 0.2) is 0 Å². The van der Waals surface area contributed by atoms with E-state index in [-0.39, 0.29) is 11.9 Å². The molecular weight excluding hydrogens is 152 g/mol. The van der Waals surface area contributed by atoms with Gasteiger partial charge in [0.1, 0.15) is 0 Å². The summed E-state index contributed by atoms with van der Waals surface area (Å²) >= 11 is 0. The number of carbonyl (C=O) groups is 1. The second-order valence-electron chi connectivity index (χ2n) is 2.76. The Morgan fingerprint density at radius 2 is 2.25 bits per heavy atom. The van der Waals surface area contributed by atoms with Crippen LogP contribution in [-0.4, -0.2) is 12.6 Å². The minimum absolute atomic E-state index is 0.0208. The summed E-state index contributed by atoms with van der Waals surface area (Å²) in [6.07, 6.45) is 4.41. The molecule has 0 spiro atoms. The Kier molecular flexibility index (Phi) is 6.44. The summed E-state index contributed by atoms with van der Waals surface area (Å²) in [5.41, 5.74) is 0. The standard InChI is InChI=1S/C10H18O2/c1-4-7-9(8-5-2)10(11)12-6-3/h4,9H,1,5-8H2,2-3H3/t9-/m0/s1. The molecule has 0 aliphatic carbocycles. The molecule has 0 amide bonds. The third-order valence-electron chi connectivity index (χ3n) is 1.71. The topological polar surface area (TPSA) is 26.3 Å². The van der Waals surface area contributed by atoms with Crippen molar-refractivity contribution < 1.29 is 9.53 Å². The van der Waals surface area contributed by atoms with Gasteiger partial charge in [-0.25, -0.2) is 0 Å². The maximum Gasteiger partial charge on any atom is 0.309 e. The first-order chi connectivity index (χ1) is 5.76. The number of ether oxygens (including phenoxy) is 1. The molecule has 12 heavy (non-hydrogen) atoms. The summed E-state index contributed by atoms with van der Waals surface area (Å²) in [6, 6.07) is 0. The smallest absolute Gasteiger partial charge is 0.309 e. The molecule has 0 aliphatic heterocycles. The normalized spacial score (nSPS) is 12.2. The molecule has 70 valence electrons. The molecule has 0 fully saturated rings. The average Bonchev–Trinajstić information content (AvgIpc) is 2.04. The van der Waals surface area contributed by atoms with E-state index < -0.39 is 0 Å². The summed E-state index contributed by atoms with van der Waals surface area (Å²) in [5.74, 6) is -0.0632. The molecule has 0 aliphatic rings. The van der Waals surface area contributed by atoms with Crippen molar-refractivity contribution in [1.29, 1.82) is 0 Å². The summed E-state index contributed by atoms with van der Waals surface area (Å²) in [6.45, 7) is 7.98. The zero-order chi connectivity index (χ0) is 9.40. The molecule has 0 saturated heterocycles. The van der Waals surface area contributed by atoms with Crippen LogP contribution in [-0.2, 0) is 9.53 Å². The Balaban J connectivity index is 3.89. The fraction of sp³-hybridized carbons (Fsp3) is 0.700. The molecule has 0 unspecified atom stereocenters. The van der Waals surface area contributed by atoms with Gasteiger partial charge in [0.2, 0.25) is 0 Å². The first-order valence-electron chi connectivity index (χ1n) is 4.53. The zero-order valence-corrected chi connectivity index (χ0v) is 8.01. The van der Waals surface area contributed by atoms with Crippen molar-refractivity contribution in [2.75, 3.05) is 6.61 Å². The number of hydrogen-bond acceptors (Lipinski definition) is 2. The maximum atomic E-state index is 11.3. The molecule has 0 rings (SSSR count). The molecule has 0 aromatic carbocycles. The lowest BCUT2D eigenvalue weighted by atomic mass is 10.0. The van der Waals surface area contributed by atoms with Crippen LogP contribution in [0, 0.1) is 5.92 Å². The van der Waals surface area contributed by atoms with Crippen LogP contribution in [0.2, 0.25) is 0 Å². The van der Waals surface area contributed by atoms with Crippen LogP contribution < -0.4 is 0 Å². The second-order valence-corrected chi connectivity index (χ2v) is 2.76. The van der Waals surface area contributed by atoms with E-state index in [0.29, 0.717) is 6.61 Å². The highest BCUT2D eigenvalue weighted by atomic mass is 16.5. The van der Waals surface area contributed by atoms with Crippen molar-refractivity contribution >= 4 is 5.97 Å². The third kappa shape index (κ3) is 4.16. The van der Waals surface area contributed by atoms with E-state index in [0.717, 1.165) is 19.3 Å². The molecule has 2 heteroatoms. The van der Waals surface area contributed by atoms with Crippen molar-refractivity contribution in [2.24, 2.45) is 5.92 Å². The lowest BCUT2D eigenvalue weighted by Crippen LogP contribution is -2.16. The van der Waals surface area contributed by atoms with Crippen LogP contribution in [0.1, 0.15) is 33.1 Å². The van der Waals surface area contributed by atoms with E-state index in [9.17, 15) is 4.79 Å². The van der Waals surface area contributed by atoms with Crippen LogP contribution in [0.4, 0.5) is 0 Å². The average molecular weight is 170 g/mol. The van der Waals surface area contributed by atoms with E-state index in [1.807, 2.05) is 6.92 Å². The lowest BCUT2D eigenvalue weighted by Gasteiger charge is -2.11. The summed E-state index contributed by atoms with van der Waals surface area (Å²) in [4.78, 5) is 11.3. The fourth-order valence-corrected chi connectivity index (χ4v) is 1.14. The number of hydrogen-bond donors (Lipinski definition) is 0. The molecule has 0 saturated carbocycles. The Morgan fingerprint density at radius 1 is 1.58 bits per heavy atom. The van der Waals surface area contributed by atoms with Gasteiger partial charge in [-0.3, -0.25) is 4.79 Å². The third-order valence-corrected chi connectivity index (χ3v) is 1.71. The monoisotopic (exact) mass is 170 g/mol. The number of carbonyl (C=O) groups excluding carboxylic acids is 1.